The van der Waals surface area contributed by atoms with E-state index in [0.29, 0.717) is 17.1 Å². The molecule has 0 saturated heterocycles. The number of hydrogen-bond acceptors (Lipinski definition) is 4. The van der Waals surface area contributed by atoms with Crippen LogP contribution in [-0.2, 0) is 0 Å². The van der Waals surface area contributed by atoms with Crippen LogP contribution >= 0.6 is 11.3 Å². The molecule has 0 N–H and O–H groups in total. The smallest absolute Gasteiger partial charge is 0.163 e. The van der Waals surface area contributed by atoms with Gasteiger partial charge in [0.1, 0.15) is 11.5 Å². The first-order valence-corrected chi connectivity index (χ1v) is 7.71. The molecule has 0 aliphatic heterocycles. The summed E-state index contributed by atoms with van der Waals surface area (Å²) < 4.78 is 12.0. The van der Waals surface area contributed by atoms with Crippen molar-refractivity contribution in [2.45, 2.75) is 6.92 Å². The highest BCUT2D eigenvalue weighted by atomic mass is 32.1. The number of ether oxygens (including phenoxy) is 2. The van der Waals surface area contributed by atoms with Crippen LogP contribution in [0.25, 0.3) is 20.5 Å². The Labute approximate surface area is 133 Å². The highest BCUT2D eigenvalue weighted by molar-refractivity contribution is 7.22. The van der Waals surface area contributed by atoms with Gasteiger partial charge in [-0.1, -0.05) is 18.2 Å². The highest BCUT2D eigenvalue weighted by Gasteiger charge is 2.17. The summed E-state index contributed by atoms with van der Waals surface area (Å²) in [4.78, 5) is 12.9. The first-order valence-electron chi connectivity index (χ1n) is 6.90. The van der Waals surface area contributed by atoms with E-state index in [4.69, 9.17) is 9.47 Å². The molecule has 0 spiro atoms. The van der Waals surface area contributed by atoms with Gasteiger partial charge in [0.05, 0.1) is 19.8 Å². The lowest BCUT2D eigenvalue weighted by Gasteiger charge is -2.12. The number of hydrogen-bond donors (Lipinski definition) is 0. The second-order valence-corrected chi connectivity index (χ2v) is 6.04. The maximum Gasteiger partial charge on any atom is 0.163 e. The lowest BCUT2D eigenvalue weighted by atomic mass is 10.0. The Morgan fingerprint density at radius 2 is 1.73 bits per heavy atom. The number of methoxy groups -OCH3 is 2. The second kappa shape index (κ2) is 5.81. The number of rotatable bonds is 4. The van der Waals surface area contributed by atoms with Crippen molar-refractivity contribution < 1.29 is 14.3 Å². The number of ketones is 1. The van der Waals surface area contributed by atoms with E-state index in [1.54, 1.807) is 38.5 Å². The zero-order valence-electron chi connectivity index (χ0n) is 12.7. The van der Waals surface area contributed by atoms with Crippen molar-refractivity contribution in [2.24, 2.45) is 0 Å². The molecule has 22 heavy (non-hydrogen) atoms. The maximum absolute atomic E-state index is 11.9. The largest absolute Gasteiger partial charge is 0.496 e. The number of carbonyl (C=O) groups is 1. The predicted molar refractivity (Wildman–Crippen MR) is 90.4 cm³/mol. The summed E-state index contributed by atoms with van der Waals surface area (Å²) in [6.45, 7) is 1.54. The molecule has 0 aliphatic carbocycles. The Bertz CT molecular complexity index is 816. The van der Waals surface area contributed by atoms with Crippen LogP contribution in [0.4, 0.5) is 0 Å². The average Bonchev–Trinajstić information content (AvgIpc) is 2.97. The minimum absolute atomic E-state index is 0.0261. The first-order chi connectivity index (χ1) is 10.6. The molecule has 4 heteroatoms. The van der Waals surface area contributed by atoms with Crippen molar-refractivity contribution in [3.8, 4) is 21.9 Å². The zero-order chi connectivity index (χ0) is 15.7. The van der Waals surface area contributed by atoms with Crippen LogP contribution in [0.15, 0.2) is 42.5 Å². The third-order valence-electron chi connectivity index (χ3n) is 3.59. The SMILES string of the molecule is COc1cc(OC)c(-c2cc3ccccc3s2)cc1C(C)=O. The third-order valence-corrected chi connectivity index (χ3v) is 4.74. The summed E-state index contributed by atoms with van der Waals surface area (Å²) in [7, 11) is 3.18. The second-order valence-electron chi connectivity index (χ2n) is 4.96. The Kier molecular flexibility index (Phi) is 3.86. The van der Waals surface area contributed by atoms with Crippen LogP contribution in [-0.4, -0.2) is 20.0 Å². The lowest BCUT2D eigenvalue weighted by molar-refractivity contribution is 0.101. The van der Waals surface area contributed by atoms with E-state index >= 15 is 0 Å². The zero-order valence-corrected chi connectivity index (χ0v) is 13.5. The summed E-state index contributed by atoms with van der Waals surface area (Å²) in [6.07, 6.45) is 0. The molecule has 3 nitrogen and oxygen atoms in total. The molecule has 0 fully saturated rings. The van der Waals surface area contributed by atoms with Crippen LogP contribution < -0.4 is 9.47 Å². The molecule has 1 heterocycles. The van der Waals surface area contributed by atoms with E-state index in [0.717, 1.165) is 10.4 Å². The van der Waals surface area contributed by atoms with Crippen molar-refractivity contribution >= 4 is 27.2 Å². The molecule has 0 saturated carbocycles. The van der Waals surface area contributed by atoms with Gasteiger partial charge in [0.15, 0.2) is 5.78 Å². The number of fused-ring (bicyclic) bond motifs is 1. The van der Waals surface area contributed by atoms with E-state index in [-0.39, 0.29) is 5.78 Å². The van der Waals surface area contributed by atoms with Gasteiger partial charge in [-0.15, -0.1) is 11.3 Å². The molecule has 2 aromatic carbocycles. The molecule has 3 rings (SSSR count). The number of thiophene rings is 1. The Morgan fingerprint density at radius 3 is 2.36 bits per heavy atom. The molecule has 112 valence electrons. The fourth-order valence-corrected chi connectivity index (χ4v) is 3.56. The standard InChI is InChI=1S/C18H16O3S/c1-11(19)13-9-14(16(21-3)10-15(13)20-2)18-8-12-6-4-5-7-17(12)22-18/h4-10H,1-3H3. The van der Waals surface area contributed by atoms with E-state index in [9.17, 15) is 4.79 Å². The topological polar surface area (TPSA) is 35.5 Å². The van der Waals surface area contributed by atoms with Gasteiger partial charge >= 0.3 is 0 Å². The minimum Gasteiger partial charge on any atom is -0.496 e. The summed E-state index contributed by atoms with van der Waals surface area (Å²) in [5.41, 5.74) is 1.48. The Morgan fingerprint density at radius 1 is 1.00 bits per heavy atom. The summed E-state index contributed by atoms with van der Waals surface area (Å²) in [5.74, 6) is 1.21. The molecular weight excluding hydrogens is 296 g/mol. The van der Waals surface area contributed by atoms with E-state index < -0.39 is 0 Å². The van der Waals surface area contributed by atoms with Gasteiger partial charge in [-0.25, -0.2) is 0 Å². The van der Waals surface area contributed by atoms with E-state index in [2.05, 4.69) is 18.2 Å². The molecule has 0 aliphatic rings. The van der Waals surface area contributed by atoms with Crippen LogP contribution in [0.5, 0.6) is 11.5 Å². The van der Waals surface area contributed by atoms with Crippen molar-refractivity contribution in [3.05, 3.63) is 48.0 Å². The van der Waals surface area contributed by atoms with Crippen LogP contribution in [0.1, 0.15) is 17.3 Å². The number of carbonyl (C=O) groups excluding carboxylic acids is 1. The minimum atomic E-state index is -0.0261. The average molecular weight is 312 g/mol. The molecule has 0 atom stereocenters. The van der Waals surface area contributed by atoms with Crippen LogP contribution in [0, 0.1) is 0 Å². The van der Waals surface area contributed by atoms with Gasteiger partial charge in [-0.2, -0.15) is 0 Å². The highest BCUT2D eigenvalue weighted by Crippen LogP contribution is 2.41. The van der Waals surface area contributed by atoms with Gasteiger partial charge in [-0.3, -0.25) is 4.79 Å². The van der Waals surface area contributed by atoms with Crippen molar-refractivity contribution in [1.29, 1.82) is 0 Å². The Hall–Kier alpha value is -2.33. The van der Waals surface area contributed by atoms with Gasteiger partial charge in [-0.05, 0) is 30.5 Å². The molecular formula is C18H16O3S. The van der Waals surface area contributed by atoms with Gasteiger partial charge in [0, 0.05) is 21.2 Å². The molecule has 0 radical (unpaired) electrons. The third kappa shape index (κ3) is 2.46. The summed E-state index contributed by atoms with van der Waals surface area (Å²) in [6, 6.07) is 14.0. The van der Waals surface area contributed by atoms with Gasteiger partial charge < -0.3 is 9.47 Å². The van der Waals surface area contributed by atoms with Crippen LogP contribution in [0.2, 0.25) is 0 Å². The van der Waals surface area contributed by atoms with Crippen LogP contribution in [0.3, 0.4) is 0 Å². The summed E-state index contributed by atoms with van der Waals surface area (Å²) >= 11 is 1.68. The lowest BCUT2D eigenvalue weighted by Crippen LogP contribution is -1.99. The van der Waals surface area contributed by atoms with Gasteiger partial charge in [0.25, 0.3) is 0 Å². The normalized spacial score (nSPS) is 10.7. The molecule has 1 aromatic heterocycles. The Balaban J connectivity index is 2.24. The monoisotopic (exact) mass is 312 g/mol. The van der Waals surface area contributed by atoms with Crippen molar-refractivity contribution in [3.63, 3.8) is 0 Å². The molecule has 0 bridgehead atoms. The summed E-state index contributed by atoms with van der Waals surface area (Å²) in [5, 5.41) is 1.18. The quantitative estimate of drug-likeness (QED) is 0.650. The fourth-order valence-electron chi connectivity index (χ4n) is 2.48. The van der Waals surface area contributed by atoms with Crippen molar-refractivity contribution in [1.82, 2.24) is 0 Å². The molecule has 0 unspecified atom stereocenters. The fraction of sp³-hybridized carbons (Fsp3) is 0.167. The molecule has 0 amide bonds. The number of Topliss-reactive ketones (excluding diaryl/α,β-unsaturated/α-hetero) is 1. The predicted octanol–water partition coefficient (Wildman–Crippen LogP) is 4.79. The van der Waals surface area contributed by atoms with Crippen molar-refractivity contribution in [2.75, 3.05) is 14.2 Å². The van der Waals surface area contributed by atoms with Gasteiger partial charge in [0.2, 0.25) is 0 Å². The number of benzene rings is 2. The molecule has 3 aromatic rings. The maximum atomic E-state index is 11.9. The first kappa shape index (κ1) is 14.6. The van der Waals surface area contributed by atoms with E-state index in [1.807, 2.05) is 18.2 Å². The van der Waals surface area contributed by atoms with E-state index in [1.165, 1.54) is 10.1 Å².